The number of rotatable bonds is 8. The number of aliphatic carboxylic acids is 1. The van der Waals surface area contributed by atoms with Crippen LogP contribution in [-0.4, -0.2) is 54.1 Å². The summed E-state index contributed by atoms with van der Waals surface area (Å²) >= 11 is 0. The van der Waals surface area contributed by atoms with E-state index in [1.165, 1.54) is 19.3 Å². The van der Waals surface area contributed by atoms with Crippen molar-refractivity contribution in [3.8, 4) is 17.4 Å². The molecule has 3 aromatic rings. The highest BCUT2D eigenvalue weighted by Crippen LogP contribution is 2.35. The highest BCUT2D eigenvalue weighted by molar-refractivity contribution is 5.67. The summed E-state index contributed by atoms with van der Waals surface area (Å²) in [6, 6.07) is 6.30. The second kappa shape index (κ2) is 9.36. The SMILES string of the molecule is Cc1nc(-c2nnn(C)c2COc2nccc(C3CCC3)n2)ccc1N1CC[C@H](CC(=O)O)C1. The van der Waals surface area contributed by atoms with E-state index in [9.17, 15) is 4.79 Å². The molecule has 1 saturated heterocycles. The Balaban J connectivity index is 1.30. The minimum Gasteiger partial charge on any atom is -0.481 e. The van der Waals surface area contributed by atoms with Gasteiger partial charge < -0.3 is 14.7 Å². The van der Waals surface area contributed by atoms with Crippen LogP contribution in [0.3, 0.4) is 0 Å². The number of hydrogen-bond acceptors (Lipinski definition) is 8. The van der Waals surface area contributed by atoms with E-state index in [1.54, 1.807) is 10.9 Å². The molecule has 0 spiro atoms. The molecular formula is C24H29N7O3. The van der Waals surface area contributed by atoms with Crippen LogP contribution in [-0.2, 0) is 18.4 Å². The average Bonchev–Trinajstić information content (AvgIpc) is 3.37. The van der Waals surface area contributed by atoms with Gasteiger partial charge in [-0.15, -0.1) is 5.10 Å². The number of nitrogens with zero attached hydrogens (tertiary/aromatic N) is 7. The topological polar surface area (TPSA) is 119 Å². The Morgan fingerprint density at radius 3 is 2.79 bits per heavy atom. The molecule has 2 fully saturated rings. The molecule has 34 heavy (non-hydrogen) atoms. The van der Waals surface area contributed by atoms with Gasteiger partial charge in [0.15, 0.2) is 0 Å². The van der Waals surface area contributed by atoms with Crippen LogP contribution in [0.4, 0.5) is 5.69 Å². The lowest BCUT2D eigenvalue weighted by Crippen LogP contribution is -2.21. The minimum atomic E-state index is -0.741. The fourth-order valence-corrected chi connectivity index (χ4v) is 4.71. The largest absolute Gasteiger partial charge is 0.481 e. The van der Waals surface area contributed by atoms with Crippen LogP contribution in [0.1, 0.15) is 55.1 Å². The molecule has 0 unspecified atom stereocenters. The van der Waals surface area contributed by atoms with Gasteiger partial charge in [0.05, 0.1) is 22.8 Å². The summed E-state index contributed by atoms with van der Waals surface area (Å²) in [6.45, 7) is 3.77. The summed E-state index contributed by atoms with van der Waals surface area (Å²) in [5.41, 5.74) is 5.12. The Bertz CT molecular complexity index is 1190. The van der Waals surface area contributed by atoms with Gasteiger partial charge in [-0.3, -0.25) is 4.79 Å². The number of carbonyl (C=O) groups is 1. The van der Waals surface area contributed by atoms with Gasteiger partial charge >= 0.3 is 12.0 Å². The van der Waals surface area contributed by atoms with Crippen molar-refractivity contribution in [3.05, 3.63) is 41.5 Å². The van der Waals surface area contributed by atoms with Crippen LogP contribution in [0.25, 0.3) is 11.4 Å². The number of ether oxygens (including phenoxy) is 1. The van der Waals surface area contributed by atoms with Crippen LogP contribution >= 0.6 is 0 Å². The third kappa shape index (κ3) is 4.57. The van der Waals surface area contributed by atoms with Gasteiger partial charge in [0.25, 0.3) is 0 Å². The van der Waals surface area contributed by atoms with Gasteiger partial charge in [-0.25, -0.2) is 14.6 Å². The van der Waals surface area contributed by atoms with Gasteiger partial charge in [0, 0.05) is 38.7 Å². The van der Waals surface area contributed by atoms with Crippen molar-refractivity contribution in [1.29, 1.82) is 0 Å². The number of anilines is 1. The zero-order chi connectivity index (χ0) is 23.7. The van der Waals surface area contributed by atoms with E-state index < -0.39 is 5.97 Å². The van der Waals surface area contributed by atoms with Crippen molar-refractivity contribution in [3.63, 3.8) is 0 Å². The number of hydrogen-bond donors (Lipinski definition) is 1. The van der Waals surface area contributed by atoms with Crippen molar-refractivity contribution in [2.45, 2.75) is 51.6 Å². The molecule has 0 radical (unpaired) electrons. The normalized spacial score (nSPS) is 18.2. The first-order valence-electron chi connectivity index (χ1n) is 11.8. The zero-order valence-corrected chi connectivity index (χ0v) is 19.5. The molecule has 4 heterocycles. The lowest BCUT2D eigenvalue weighted by Gasteiger charge is -2.24. The van der Waals surface area contributed by atoms with E-state index in [0.717, 1.165) is 48.0 Å². The molecule has 0 amide bonds. The molecule has 1 saturated carbocycles. The highest BCUT2D eigenvalue weighted by atomic mass is 16.5. The maximum Gasteiger partial charge on any atom is 0.316 e. The number of aryl methyl sites for hydroxylation is 2. The summed E-state index contributed by atoms with van der Waals surface area (Å²) in [5.74, 6) is -0.0556. The first-order valence-corrected chi connectivity index (χ1v) is 11.8. The van der Waals surface area contributed by atoms with Gasteiger partial charge in [-0.2, -0.15) is 4.98 Å². The lowest BCUT2D eigenvalue weighted by molar-refractivity contribution is -0.137. The Morgan fingerprint density at radius 2 is 2.06 bits per heavy atom. The summed E-state index contributed by atoms with van der Waals surface area (Å²) < 4.78 is 7.61. The second-order valence-corrected chi connectivity index (χ2v) is 9.19. The van der Waals surface area contributed by atoms with E-state index >= 15 is 0 Å². The number of carboxylic acids is 1. The standard InChI is InChI=1S/C24H29N7O3/c1-15-20(31-11-9-16(13-31)12-22(32)33)7-6-19(26-15)23-21(30(2)29-28-23)14-34-24-25-10-8-18(27-24)17-4-3-5-17/h6-8,10,16-17H,3-5,9,11-14H2,1-2H3,(H,32,33)/t16-/m1/s1. The van der Waals surface area contributed by atoms with E-state index in [2.05, 4.69) is 25.2 Å². The monoisotopic (exact) mass is 463 g/mol. The fourth-order valence-electron chi connectivity index (χ4n) is 4.71. The minimum absolute atomic E-state index is 0.172. The number of pyridine rings is 1. The molecule has 3 aromatic heterocycles. The van der Waals surface area contributed by atoms with Crippen molar-refractivity contribution in [1.82, 2.24) is 29.9 Å². The Hall–Kier alpha value is -3.56. The van der Waals surface area contributed by atoms with Gasteiger partial charge in [0.1, 0.15) is 18.0 Å². The number of aromatic nitrogens is 6. The molecule has 10 heteroatoms. The van der Waals surface area contributed by atoms with Crippen LogP contribution < -0.4 is 9.64 Å². The Labute approximate surface area is 198 Å². The molecular weight excluding hydrogens is 434 g/mol. The van der Waals surface area contributed by atoms with Crippen molar-refractivity contribution < 1.29 is 14.6 Å². The van der Waals surface area contributed by atoms with E-state index in [0.29, 0.717) is 17.6 Å². The summed E-state index contributed by atoms with van der Waals surface area (Å²) in [5, 5.41) is 17.6. The van der Waals surface area contributed by atoms with E-state index in [1.807, 2.05) is 32.2 Å². The van der Waals surface area contributed by atoms with E-state index in [-0.39, 0.29) is 18.9 Å². The van der Waals surface area contributed by atoms with Crippen molar-refractivity contribution >= 4 is 11.7 Å². The van der Waals surface area contributed by atoms with Crippen LogP contribution in [0.5, 0.6) is 6.01 Å². The second-order valence-electron chi connectivity index (χ2n) is 9.19. The van der Waals surface area contributed by atoms with Crippen LogP contribution in [0.15, 0.2) is 24.4 Å². The Morgan fingerprint density at radius 1 is 1.21 bits per heavy atom. The summed E-state index contributed by atoms with van der Waals surface area (Å²) in [7, 11) is 1.83. The maximum atomic E-state index is 11.0. The molecule has 1 N–H and O–H groups in total. The quantitative estimate of drug-likeness (QED) is 0.537. The summed E-state index contributed by atoms with van der Waals surface area (Å²) in [6.07, 6.45) is 6.43. The zero-order valence-electron chi connectivity index (χ0n) is 19.5. The first-order chi connectivity index (χ1) is 16.5. The Kier molecular flexibility index (Phi) is 6.12. The third-order valence-electron chi connectivity index (χ3n) is 6.85. The molecule has 1 aliphatic heterocycles. The first kappa shape index (κ1) is 22.2. The molecule has 0 aromatic carbocycles. The van der Waals surface area contributed by atoms with Crippen LogP contribution in [0, 0.1) is 12.8 Å². The predicted octanol–water partition coefficient (Wildman–Crippen LogP) is 3.12. The highest BCUT2D eigenvalue weighted by Gasteiger charge is 2.26. The molecule has 5 rings (SSSR count). The lowest BCUT2D eigenvalue weighted by atomic mass is 9.83. The molecule has 1 atom stereocenters. The average molecular weight is 464 g/mol. The van der Waals surface area contributed by atoms with E-state index in [4.69, 9.17) is 14.8 Å². The van der Waals surface area contributed by atoms with Crippen molar-refractivity contribution in [2.24, 2.45) is 13.0 Å². The molecule has 1 aliphatic carbocycles. The van der Waals surface area contributed by atoms with Gasteiger partial charge in [-0.1, -0.05) is 11.6 Å². The fraction of sp³-hybridized carbons (Fsp3) is 0.500. The maximum absolute atomic E-state index is 11.0. The van der Waals surface area contributed by atoms with Gasteiger partial charge in [-0.05, 0) is 50.3 Å². The predicted molar refractivity (Wildman–Crippen MR) is 124 cm³/mol. The molecule has 2 aliphatic rings. The third-order valence-corrected chi connectivity index (χ3v) is 6.85. The summed E-state index contributed by atoms with van der Waals surface area (Å²) in [4.78, 5) is 26.9. The number of carboxylic acid groups (broad SMARTS) is 1. The smallest absolute Gasteiger partial charge is 0.316 e. The molecule has 0 bridgehead atoms. The molecule has 10 nitrogen and oxygen atoms in total. The van der Waals surface area contributed by atoms with Crippen LogP contribution in [0.2, 0.25) is 0 Å². The van der Waals surface area contributed by atoms with Crippen molar-refractivity contribution in [2.75, 3.05) is 18.0 Å². The van der Waals surface area contributed by atoms with Gasteiger partial charge in [0.2, 0.25) is 0 Å². The molecule has 178 valence electrons.